The van der Waals surface area contributed by atoms with E-state index in [9.17, 15) is 4.79 Å². The topological polar surface area (TPSA) is 36.1 Å². The molecule has 1 amide bonds. The van der Waals surface area contributed by atoms with Gasteiger partial charge in [0.15, 0.2) is 0 Å². The molecule has 4 heteroatoms. The van der Waals surface area contributed by atoms with Gasteiger partial charge in [-0.2, -0.15) is 0 Å². The molecule has 1 N–H and O–H groups in total. The Morgan fingerprint density at radius 1 is 1.08 bits per heavy atom. The number of amides is 1. The van der Waals surface area contributed by atoms with Gasteiger partial charge in [-0.3, -0.25) is 4.79 Å². The van der Waals surface area contributed by atoms with Gasteiger partial charge in [0, 0.05) is 28.9 Å². The molecule has 1 atom stereocenters. The number of carbonyl (C=O) groups excluding carboxylic acids is 1. The summed E-state index contributed by atoms with van der Waals surface area (Å²) in [6, 6.07) is 16.4. The molecule has 1 fully saturated rings. The number of fused-ring (bicyclic) bond motifs is 5. The zero-order valence-electron chi connectivity index (χ0n) is 13.2. The number of aromatic nitrogens is 1. The van der Waals surface area contributed by atoms with Crippen molar-refractivity contribution in [3.63, 3.8) is 0 Å². The average molecular weight is 337 g/mol. The lowest BCUT2D eigenvalue weighted by molar-refractivity contribution is -0.131. The van der Waals surface area contributed by atoms with Crippen LogP contribution in [0.15, 0.2) is 48.5 Å². The van der Waals surface area contributed by atoms with E-state index in [0.717, 1.165) is 29.9 Å². The number of nitrogens with zero attached hydrogens (tertiary/aromatic N) is 1. The lowest BCUT2D eigenvalue weighted by Gasteiger charge is -2.42. The summed E-state index contributed by atoms with van der Waals surface area (Å²) in [5.74, 6) is 0.251. The van der Waals surface area contributed by atoms with Gasteiger partial charge in [0.05, 0.1) is 5.69 Å². The fraction of sp³-hybridized carbons (Fsp3) is 0.250. The summed E-state index contributed by atoms with van der Waals surface area (Å²) >= 11 is 6.23. The van der Waals surface area contributed by atoms with Crippen molar-refractivity contribution in [3.05, 3.63) is 70.4 Å². The van der Waals surface area contributed by atoms with Crippen molar-refractivity contribution in [1.29, 1.82) is 0 Å². The van der Waals surface area contributed by atoms with E-state index in [1.807, 2.05) is 24.3 Å². The molecule has 2 aliphatic rings. The second-order valence-corrected chi connectivity index (χ2v) is 7.13. The Balaban J connectivity index is 1.84. The Morgan fingerprint density at radius 2 is 1.92 bits per heavy atom. The minimum atomic E-state index is -0.364. The van der Waals surface area contributed by atoms with Crippen molar-refractivity contribution in [1.82, 2.24) is 9.88 Å². The van der Waals surface area contributed by atoms with Crippen molar-refractivity contribution >= 4 is 28.4 Å². The molecule has 24 heavy (non-hydrogen) atoms. The molecular formula is C20H17ClN2O. The van der Waals surface area contributed by atoms with Crippen LogP contribution in [0, 0.1) is 0 Å². The third kappa shape index (κ3) is 1.71. The summed E-state index contributed by atoms with van der Waals surface area (Å²) in [7, 11) is 0. The van der Waals surface area contributed by atoms with Crippen LogP contribution < -0.4 is 0 Å². The fourth-order valence-electron chi connectivity index (χ4n) is 4.56. The van der Waals surface area contributed by atoms with Crippen molar-refractivity contribution in [2.75, 3.05) is 6.54 Å². The van der Waals surface area contributed by atoms with Crippen LogP contribution in [0.3, 0.4) is 0 Å². The molecule has 2 aliphatic heterocycles. The second kappa shape index (κ2) is 4.87. The Morgan fingerprint density at radius 3 is 2.75 bits per heavy atom. The molecule has 0 saturated carbocycles. The zero-order chi connectivity index (χ0) is 16.3. The van der Waals surface area contributed by atoms with Gasteiger partial charge in [-0.25, -0.2) is 0 Å². The number of H-pyrrole nitrogens is 1. The summed E-state index contributed by atoms with van der Waals surface area (Å²) in [4.78, 5) is 18.3. The van der Waals surface area contributed by atoms with Gasteiger partial charge in [-0.05, 0) is 42.2 Å². The molecule has 3 heterocycles. The van der Waals surface area contributed by atoms with Gasteiger partial charge >= 0.3 is 0 Å². The molecule has 1 aromatic heterocycles. The van der Waals surface area contributed by atoms with Crippen molar-refractivity contribution in [2.45, 2.75) is 24.8 Å². The van der Waals surface area contributed by atoms with Gasteiger partial charge < -0.3 is 9.88 Å². The molecule has 1 saturated heterocycles. The van der Waals surface area contributed by atoms with Gasteiger partial charge in [0.1, 0.15) is 5.54 Å². The van der Waals surface area contributed by atoms with Crippen LogP contribution in [0.2, 0.25) is 5.02 Å². The Hall–Kier alpha value is -2.26. The van der Waals surface area contributed by atoms with Gasteiger partial charge in [0.25, 0.3) is 0 Å². The molecule has 5 rings (SSSR count). The normalized spacial score (nSPS) is 22.7. The molecule has 0 bridgehead atoms. The van der Waals surface area contributed by atoms with E-state index >= 15 is 0 Å². The highest BCUT2D eigenvalue weighted by atomic mass is 35.5. The number of aromatic amines is 1. The number of halogens is 1. The standard InChI is InChI=1S/C20H17ClN2O/c21-14-6-7-17-16(12-14)15-9-11-23-18(24)8-10-20(23,19(15)22-17)13-4-2-1-3-5-13/h1-7,12,22H,8-11H2. The van der Waals surface area contributed by atoms with Crippen LogP contribution in [-0.4, -0.2) is 22.3 Å². The first-order chi connectivity index (χ1) is 11.7. The first-order valence-corrected chi connectivity index (χ1v) is 8.74. The summed E-state index contributed by atoms with van der Waals surface area (Å²) in [5.41, 5.74) is 4.40. The van der Waals surface area contributed by atoms with Crippen molar-refractivity contribution in [3.8, 4) is 0 Å². The Kier molecular flexibility index (Phi) is 2.86. The molecule has 120 valence electrons. The van der Waals surface area contributed by atoms with Crippen LogP contribution >= 0.6 is 11.6 Å². The molecule has 3 nitrogen and oxygen atoms in total. The van der Waals surface area contributed by atoms with E-state index in [2.05, 4.69) is 34.1 Å². The third-order valence-electron chi connectivity index (χ3n) is 5.58. The number of carbonyl (C=O) groups is 1. The molecule has 2 aromatic carbocycles. The largest absolute Gasteiger partial charge is 0.356 e. The van der Waals surface area contributed by atoms with E-state index in [1.54, 1.807) is 0 Å². The first-order valence-electron chi connectivity index (χ1n) is 8.37. The monoisotopic (exact) mass is 336 g/mol. The Labute approximate surface area is 145 Å². The smallest absolute Gasteiger partial charge is 0.223 e. The highest BCUT2D eigenvalue weighted by Gasteiger charge is 2.52. The lowest BCUT2D eigenvalue weighted by Crippen LogP contribution is -2.48. The summed E-state index contributed by atoms with van der Waals surface area (Å²) < 4.78 is 0. The highest BCUT2D eigenvalue weighted by Crippen LogP contribution is 2.49. The van der Waals surface area contributed by atoms with E-state index in [4.69, 9.17) is 11.6 Å². The van der Waals surface area contributed by atoms with Crippen molar-refractivity contribution < 1.29 is 4.79 Å². The van der Waals surface area contributed by atoms with Crippen molar-refractivity contribution in [2.24, 2.45) is 0 Å². The van der Waals surface area contributed by atoms with Crippen LogP contribution in [0.1, 0.15) is 29.7 Å². The van der Waals surface area contributed by atoms with E-state index in [0.29, 0.717) is 6.42 Å². The Bertz CT molecular complexity index is 962. The van der Waals surface area contributed by atoms with Gasteiger partial charge in [0.2, 0.25) is 5.91 Å². The highest BCUT2D eigenvalue weighted by molar-refractivity contribution is 6.31. The van der Waals surface area contributed by atoms with Crippen LogP contribution in [0.25, 0.3) is 10.9 Å². The van der Waals surface area contributed by atoms with Crippen LogP contribution in [-0.2, 0) is 16.8 Å². The number of benzene rings is 2. The van der Waals surface area contributed by atoms with Gasteiger partial charge in [-0.1, -0.05) is 41.9 Å². The van der Waals surface area contributed by atoms with Crippen LogP contribution in [0.4, 0.5) is 0 Å². The quantitative estimate of drug-likeness (QED) is 0.708. The predicted octanol–water partition coefficient (Wildman–Crippen LogP) is 4.24. The summed E-state index contributed by atoms with van der Waals surface area (Å²) in [6.07, 6.45) is 2.30. The molecular weight excluding hydrogens is 320 g/mol. The van der Waals surface area contributed by atoms with E-state index in [-0.39, 0.29) is 11.4 Å². The maximum Gasteiger partial charge on any atom is 0.223 e. The number of nitrogens with one attached hydrogen (secondary N) is 1. The lowest BCUT2D eigenvalue weighted by atomic mass is 9.79. The summed E-state index contributed by atoms with van der Waals surface area (Å²) in [5, 5.41) is 1.94. The fourth-order valence-corrected chi connectivity index (χ4v) is 4.73. The minimum absolute atomic E-state index is 0.251. The summed E-state index contributed by atoms with van der Waals surface area (Å²) in [6.45, 7) is 0.764. The zero-order valence-corrected chi connectivity index (χ0v) is 13.9. The minimum Gasteiger partial charge on any atom is -0.356 e. The van der Waals surface area contributed by atoms with E-state index < -0.39 is 0 Å². The predicted molar refractivity (Wildman–Crippen MR) is 95.2 cm³/mol. The molecule has 0 aliphatic carbocycles. The SMILES string of the molecule is O=C1CCC2(c3ccccc3)c3[nH]c4ccc(Cl)cc4c3CCN12. The van der Waals surface area contributed by atoms with E-state index in [1.165, 1.54) is 22.2 Å². The number of rotatable bonds is 1. The molecule has 3 aromatic rings. The maximum absolute atomic E-state index is 12.6. The molecule has 1 unspecified atom stereocenters. The second-order valence-electron chi connectivity index (χ2n) is 6.69. The number of hydrogen-bond acceptors (Lipinski definition) is 1. The van der Waals surface area contributed by atoms with Crippen LogP contribution in [0.5, 0.6) is 0 Å². The third-order valence-corrected chi connectivity index (χ3v) is 5.82. The molecule has 0 spiro atoms. The average Bonchev–Trinajstić information content (AvgIpc) is 3.15. The number of hydrogen-bond donors (Lipinski definition) is 1. The maximum atomic E-state index is 12.6. The first kappa shape index (κ1) is 14.1. The van der Waals surface area contributed by atoms with Gasteiger partial charge in [-0.15, -0.1) is 0 Å². The molecule has 0 radical (unpaired) electrons.